The fourth-order valence-electron chi connectivity index (χ4n) is 2.50. The maximum Gasteiger partial charge on any atom is 0.165 e. The van der Waals surface area contributed by atoms with Crippen LogP contribution in [0, 0.1) is 0 Å². The summed E-state index contributed by atoms with van der Waals surface area (Å²) in [6, 6.07) is 11.7. The van der Waals surface area contributed by atoms with Crippen molar-refractivity contribution < 1.29 is 14.2 Å². The van der Waals surface area contributed by atoms with E-state index in [0.717, 1.165) is 28.2 Å². The van der Waals surface area contributed by atoms with E-state index in [0.29, 0.717) is 24.7 Å². The van der Waals surface area contributed by atoms with Gasteiger partial charge in [-0.3, -0.25) is 0 Å². The number of ether oxygens (including phenoxy) is 3. The van der Waals surface area contributed by atoms with Crippen molar-refractivity contribution >= 4 is 11.0 Å². The molecule has 1 aliphatic heterocycles. The Labute approximate surface area is 121 Å². The number of fused-ring (bicyclic) bond motifs is 2. The van der Waals surface area contributed by atoms with E-state index in [1.165, 1.54) is 0 Å². The third-order valence-electron chi connectivity index (χ3n) is 3.51. The van der Waals surface area contributed by atoms with Gasteiger partial charge in [0.15, 0.2) is 11.5 Å². The van der Waals surface area contributed by atoms with Crippen LogP contribution in [0.2, 0.25) is 0 Å². The number of methoxy groups -OCH3 is 1. The van der Waals surface area contributed by atoms with E-state index in [9.17, 15) is 0 Å². The van der Waals surface area contributed by atoms with E-state index < -0.39 is 0 Å². The molecule has 1 aliphatic rings. The number of para-hydroxylation sites is 2. The van der Waals surface area contributed by atoms with E-state index in [-0.39, 0.29) is 0 Å². The number of aromatic amines is 1. The fraction of sp³-hybridized carbons (Fsp3) is 0.188. The third-order valence-corrected chi connectivity index (χ3v) is 3.51. The smallest absolute Gasteiger partial charge is 0.165 e. The monoisotopic (exact) mass is 282 g/mol. The number of nitrogens with one attached hydrogen (secondary N) is 1. The lowest BCUT2D eigenvalue weighted by Crippen LogP contribution is -2.15. The van der Waals surface area contributed by atoms with Gasteiger partial charge in [-0.25, -0.2) is 4.98 Å². The zero-order chi connectivity index (χ0) is 14.2. The Morgan fingerprint density at radius 3 is 2.62 bits per heavy atom. The summed E-state index contributed by atoms with van der Waals surface area (Å²) in [6.45, 7) is 1.11. The van der Waals surface area contributed by atoms with Crippen LogP contribution >= 0.6 is 0 Å². The first kappa shape index (κ1) is 12.1. The number of imidazole rings is 1. The molecule has 0 atom stereocenters. The number of hydrogen-bond donors (Lipinski definition) is 1. The summed E-state index contributed by atoms with van der Waals surface area (Å²) in [5, 5.41) is 0. The van der Waals surface area contributed by atoms with Crippen LogP contribution in [0.4, 0.5) is 0 Å². The van der Waals surface area contributed by atoms with Crippen LogP contribution in [-0.2, 0) is 0 Å². The Hall–Kier alpha value is -2.69. The summed E-state index contributed by atoms with van der Waals surface area (Å²) in [4.78, 5) is 7.91. The number of benzene rings is 2. The average Bonchev–Trinajstić information content (AvgIpc) is 2.97. The van der Waals surface area contributed by atoms with Crippen molar-refractivity contribution in [3.8, 4) is 28.6 Å². The highest BCUT2D eigenvalue weighted by Gasteiger charge is 2.19. The number of aromatic nitrogens is 2. The van der Waals surface area contributed by atoms with Crippen molar-refractivity contribution in [3.05, 3.63) is 36.4 Å². The highest BCUT2D eigenvalue weighted by Crippen LogP contribution is 2.40. The summed E-state index contributed by atoms with van der Waals surface area (Å²) in [7, 11) is 1.64. The van der Waals surface area contributed by atoms with E-state index >= 15 is 0 Å². The minimum Gasteiger partial charge on any atom is -0.496 e. The molecular weight excluding hydrogens is 268 g/mol. The molecule has 1 N–H and O–H groups in total. The molecule has 106 valence electrons. The predicted molar refractivity (Wildman–Crippen MR) is 79.1 cm³/mol. The largest absolute Gasteiger partial charge is 0.496 e. The third kappa shape index (κ3) is 1.98. The van der Waals surface area contributed by atoms with Gasteiger partial charge in [0.05, 0.1) is 23.7 Å². The summed E-state index contributed by atoms with van der Waals surface area (Å²) in [6.07, 6.45) is 0. The standard InChI is InChI=1S/C16H14N2O3/c1-19-13-9-15-14(20-6-7-21-15)8-10(13)16-17-11-4-2-3-5-12(11)18-16/h2-5,8-9H,6-7H2,1H3,(H,17,18). The van der Waals surface area contributed by atoms with Gasteiger partial charge in [0.25, 0.3) is 0 Å². The molecule has 3 aromatic rings. The summed E-state index contributed by atoms with van der Waals surface area (Å²) < 4.78 is 16.7. The average molecular weight is 282 g/mol. The first-order valence-electron chi connectivity index (χ1n) is 6.78. The van der Waals surface area contributed by atoms with Crippen molar-refractivity contribution in [1.82, 2.24) is 9.97 Å². The zero-order valence-corrected chi connectivity index (χ0v) is 11.6. The second-order valence-corrected chi connectivity index (χ2v) is 4.80. The van der Waals surface area contributed by atoms with E-state index in [4.69, 9.17) is 14.2 Å². The van der Waals surface area contributed by atoms with Gasteiger partial charge >= 0.3 is 0 Å². The van der Waals surface area contributed by atoms with Gasteiger partial charge in [-0.2, -0.15) is 0 Å². The van der Waals surface area contributed by atoms with E-state index in [2.05, 4.69) is 9.97 Å². The Bertz CT molecular complexity index is 777. The van der Waals surface area contributed by atoms with Crippen molar-refractivity contribution in [1.29, 1.82) is 0 Å². The van der Waals surface area contributed by atoms with Crippen LogP contribution < -0.4 is 14.2 Å². The molecule has 0 unspecified atom stereocenters. The fourth-order valence-corrected chi connectivity index (χ4v) is 2.50. The van der Waals surface area contributed by atoms with Crippen LogP contribution in [0.15, 0.2) is 36.4 Å². The molecule has 2 heterocycles. The number of hydrogen-bond acceptors (Lipinski definition) is 4. The molecule has 0 amide bonds. The minimum absolute atomic E-state index is 0.554. The molecule has 0 spiro atoms. The van der Waals surface area contributed by atoms with Gasteiger partial charge in [0.1, 0.15) is 24.8 Å². The highest BCUT2D eigenvalue weighted by atomic mass is 16.6. The van der Waals surface area contributed by atoms with E-state index in [1.54, 1.807) is 7.11 Å². The lowest BCUT2D eigenvalue weighted by Gasteiger charge is -2.20. The van der Waals surface area contributed by atoms with Crippen LogP contribution in [0.3, 0.4) is 0 Å². The SMILES string of the molecule is COc1cc2c(cc1-c1nc3ccccc3[nH]1)OCCO2. The van der Waals surface area contributed by atoms with Crippen LogP contribution in [0.25, 0.3) is 22.4 Å². The van der Waals surface area contributed by atoms with Crippen LogP contribution in [-0.4, -0.2) is 30.3 Å². The summed E-state index contributed by atoms with van der Waals surface area (Å²) in [5.74, 6) is 2.89. The van der Waals surface area contributed by atoms with Crippen molar-refractivity contribution in [3.63, 3.8) is 0 Å². The van der Waals surface area contributed by atoms with Gasteiger partial charge in [-0.1, -0.05) is 12.1 Å². The predicted octanol–water partition coefficient (Wildman–Crippen LogP) is 3.01. The van der Waals surface area contributed by atoms with Crippen LogP contribution in [0.5, 0.6) is 17.2 Å². The second kappa shape index (κ2) is 4.70. The van der Waals surface area contributed by atoms with E-state index in [1.807, 2.05) is 36.4 Å². The van der Waals surface area contributed by atoms with Gasteiger partial charge < -0.3 is 19.2 Å². The summed E-state index contributed by atoms with van der Waals surface area (Å²) in [5.41, 5.74) is 2.77. The van der Waals surface area contributed by atoms with Gasteiger partial charge in [-0.15, -0.1) is 0 Å². The topological polar surface area (TPSA) is 56.4 Å². The number of rotatable bonds is 2. The first-order valence-corrected chi connectivity index (χ1v) is 6.78. The lowest BCUT2D eigenvalue weighted by molar-refractivity contribution is 0.171. The first-order chi connectivity index (χ1) is 10.3. The van der Waals surface area contributed by atoms with Gasteiger partial charge in [0, 0.05) is 6.07 Å². The Balaban J connectivity index is 1.89. The Morgan fingerprint density at radius 1 is 1.10 bits per heavy atom. The minimum atomic E-state index is 0.554. The molecule has 0 saturated carbocycles. The number of nitrogens with zero attached hydrogens (tertiary/aromatic N) is 1. The Morgan fingerprint density at radius 2 is 1.86 bits per heavy atom. The molecule has 0 bridgehead atoms. The molecule has 1 aromatic heterocycles. The molecule has 0 fully saturated rings. The maximum atomic E-state index is 5.64. The van der Waals surface area contributed by atoms with Crippen molar-refractivity contribution in [2.45, 2.75) is 0 Å². The summed E-state index contributed by atoms with van der Waals surface area (Å²) >= 11 is 0. The molecule has 0 radical (unpaired) electrons. The highest BCUT2D eigenvalue weighted by molar-refractivity contribution is 5.81. The van der Waals surface area contributed by atoms with Gasteiger partial charge in [0.2, 0.25) is 0 Å². The van der Waals surface area contributed by atoms with Crippen molar-refractivity contribution in [2.75, 3.05) is 20.3 Å². The molecule has 21 heavy (non-hydrogen) atoms. The molecule has 2 aromatic carbocycles. The quantitative estimate of drug-likeness (QED) is 0.785. The maximum absolute atomic E-state index is 5.64. The van der Waals surface area contributed by atoms with Crippen LogP contribution in [0.1, 0.15) is 0 Å². The zero-order valence-electron chi connectivity index (χ0n) is 11.6. The Kier molecular flexibility index (Phi) is 2.70. The molecule has 4 rings (SSSR count). The lowest BCUT2D eigenvalue weighted by atomic mass is 10.1. The normalized spacial score (nSPS) is 13.4. The molecule has 5 nitrogen and oxygen atoms in total. The van der Waals surface area contributed by atoms with Gasteiger partial charge in [-0.05, 0) is 18.2 Å². The van der Waals surface area contributed by atoms with Crippen molar-refractivity contribution in [2.24, 2.45) is 0 Å². The molecule has 0 saturated heterocycles. The second-order valence-electron chi connectivity index (χ2n) is 4.80. The molecular formula is C16H14N2O3. The molecule has 0 aliphatic carbocycles. The molecule has 5 heteroatoms. The number of H-pyrrole nitrogens is 1.